The number of ether oxygens (including phenoxy) is 5. The molecule has 0 heterocycles. The molecule has 134 valence electrons. The van der Waals surface area contributed by atoms with Gasteiger partial charge < -0.3 is 23.7 Å². The third-order valence-electron chi connectivity index (χ3n) is 3.49. The fraction of sp³-hybridized carbons (Fsp3) is 0.500. The van der Waals surface area contributed by atoms with E-state index in [2.05, 4.69) is 6.58 Å². The molecule has 0 amide bonds. The fourth-order valence-corrected chi connectivity index (χ4v) is 2.14. The van der Waals surface area contributed by atoms with Crippen LogP contribution in [0.4, 0.5) is 0 Å². The number of carbonyl (C=O) groups excluding carboxylic acids is 1. The van der Waals surface area contributed by atoms with Crippen LogP contribution in [-0.2, 0) is 14.2 Å². The van der Waals surface area contributed by atoms with E-state index in [1.54, 1.807) is 12.1 Å². The Morgan fingerprint density at radius 2 is 1.71 bits per heavy atom. The highest BCUT2D eigenvalue weighted by Gasteiger charge is 2.23. The Kier molecular flexibility index (Phi) is 8.29. The minimum Gasteiger partial charge on any atom is -0.467 e. The van der Waals surface area contributed by atoms with Crippen LogP contribution in [0.2, 0.25) is 0 Å². The van der Waals surface area contributed by atoms with E-state index in [-0.39, 0.29) is 19.7 Å². The van der Waals surface area contributed by atoms with Crippen molar-refractivity contribution >= 4 is 5.97 Å². The molecule has 1 unspecified atom stereocenters. The summed E-state index contributed by atoms with van der Waals surface area (Å²) in [6.45, 7) is 9.26. The third-order valence-corrected chi connectivity index (χ3v) is 3.49. The van der Waals surface area contributed by atoms with Crippen LogP contribution in [-0.4, -0.2) is 39.9 Å². The Bertz CT molecular complexity index is 567. The SMILES string of the molecule is C=CCC(C)OC(=O)c1c(OCOC)cc(OCOC)c(C)c1C. The van der Waals surface area contributed by atoms with E-state index in [1.165, 1.54) is 14.2 Å². The van der Waals surface area contributed by atoms with Gasteiger partial charge in [0.2, 0.25) is 0 Å². The molecular weight excluding hydrogens is 312 g/mol. The maximum absolute atomic E-state index is 12.6. The summed E-state index contributed by atoms with van der Waals surface area (Å²) in [6, 6.07) is 1.65. The van der Waals surface area contributed by atoms with Crippen LogP contribution in [0.3, 0.4) is 0 Å². The van der Waals surface area contributed by atoms with Crippen LogP contribution in [0.1, 0.15) is 34.8 Å². The lowest BCUT2D eigenvalue weighted by molar-refractivity contribution is 0.0309. The minimum atomic E-state index is -0.450. The summed E-state index contributed by atoms with van der Waals surface area (Å²) in [5.74, 6) is 0.479. The first-order chi connectivity index (χ1) is 11.5. The molecule has 0 aliphatic heterocycles. The number of benzene rings is 1. The van der Waals surface area contributed by atoms with Gasteiger partial charge in [0, 0.05) is 26.7 Å². The Morgan fingerprint density at radius 3 is 2.25 bits per heavy atom. The van der Waals surface area contributed by atoms with Crippen LogP contribution in [0, 0.1) is 13.8 Å². The standard InChI is InChI=1S/C18H26O6/c1-7-8-12(2)24-18(19)17-14(4)13(3)15(22-10-20-5)9-16(17)23-11-21-6/h7,9,12H,1,8,10-11H2,2-6H3. The van der Waals surface area contributed by atoms with Gasteiger partial charge in [-0.1, -0.05) is 6.08 Å². The van der Waals surface area contributed by atoms with Crippen LogP contribution in [0.15, 0.2) is 18.7 Å². The molecule has 0 saturated carbocycles. The van der Waals surface area contributed by atoms with Gasteiger partial charge in [-0.3, -0.25) is 0 Å². The fourth-order valence-electron chi connectivity index (χ4n) is 2.14. The maximum atomic E-state index is 12.6. The number of hydrogen-bond acceptors (Lipinski definition) is 6. The van der Waals surface area contributed by atoms with Crippen molar-refractivity contribution < 1.29 is 28.5 Å². The Balaban J connectivity index is 3.21. The molecule has 0 aliphatic carbocycles. The minimum absolute atomic E-state index is 0.00864. The largest absolute Gasteiger partial charge is 0.467 e. The average Bonchev–Trinajstić information content (AvgIpc) is 2.54. The van der Waals surface area contributed by atoms with Crippen molar-refractivity contribution in [3.63, 3.8) is 0 Å². The van der Waals surface area contributed by atoms with Gasteiger partial charge in [-0.25, -0.2) is 4.79 Å². The second-order valence-electron chi connectivity index (χ2n) is 5.34. The van der Waals surface area contributed by atoms with Crippen molar-refractivity contribution in [2.24, 2.45) is 0 Å². The van der Waals surface area contributed by atoms with E-state index in [4.69, 9.17) is 23.7 Å². The molecule has 0 aromatic heterocycles. The first-order valence-corrected chi connectivity index (χ1v) is 7.65. The Hall–Kier alpha value is -2.05. The van der Waals surface area contributed by atoms with Crippen LogP contribution in [0.25, 0.3) is 0 Å². The van der Waals surface area contributed by atoms with Crippen LogP contribution < -0.4 is 9.47 Å². The number of carbonyl (C=O) groups is 1. The van der Waals surface area contributed by atoms with E-state index in [0.29, 0.717) is 23.5 Å². The smallest absolute Gasteiger partial charge is 0.342 e. The zero-order chi connectivity index (χ0) is 18.1. The topological polar surface area (TPSA) is 63.2 Å². The van der Waals surface area contributed by atoms with Gasteiger partial charge in [-0.15, -0.1) is 6.58 Å². The molecule has 0 radical (unpaired) electrons. The van der Waals surface area contributed by atoms with Crippen molar-refractivity contribution in [2.45, 2.75) is 33.3 Å². The van der Waals surface area contributed by atoms with Gasteiger partial charge in [-0.05, 0) is 31.9 Å². The summed E-state index contributed by atoms with van der Waals surface area (Å²) in [5.41, 5.74) is 1.91. The van der Waals surface area contributed by atoms with Gasteiger partial charge in [-0.2, -0.15) is 0 Å². The normalized spacial score (nSPS) is 11.7. The number of rotatable bonds is 10. The van der Waals surface area contributed by atoms with Gasteiger partial charge in [0.15, 0.2) is 13.6 Å². The monoisotopic (exact) mass is 338 g/mol. The van der Waals surface area contributed by atoms with E-state index < -0.39 is 5.97 Å². The molecule has 0 bridgehead atoms. The number of methoxy groups -OCH3 is 2. The predicted octanol–water partition coefficient (Wildman–Crippen LogP) is 3.39. The van der Waals surface area contributed by atoms with E-state index >= 15 is 0 Å². The highest BCUT2D eigenvalue weighted by molar-refractivity contribution is 5.95. The van der Waals surface area contributed by atoms with Crippen molar-refractivity contribution in [1.29, 1.82) is 0 Å². The molecule has 24 heavy (non-hydrogen) atoms. The lowest BCUT2D eigenvalue weighted by Crippen LogP contribution is -2.18. The van der Waals surface area contributed by atoms with Crippen molar-refractivity contribution in [1.82, 2.24) is 0 Å². The third kappa shape index (κ3) is 5.25. The molecule has 0 aliphatic rings. The lowest BCUT2D eigenvalue weighted by atomic mass is 10.0. The lowest BCUT2D eigenvalue weighted by Gasteiger charge is -2.19. The molecule has 1 aromatic carbocycles. The zero-order valence-corrected chi connectivity index (χ0v) is 15.0. The molecule has 1 atom stereocenters. The van der Waals surface area contributed by atoms with Gasteiger partial charge in [0.25, 0.3) is 0 Å². The van der Waals surface area contributed by atoms with Crippen LogP contribution in [0.5, 0.6) is 11.5 Å². The first-order valence-electron chi connectivity index (χ1n) is 7.65. The highest BCUT2D eigenvalue weighted by Crippen LogP contribution is 2.34. The molecule has 0 fully saturated rings. The highest BCUT2D eigenvalue weighted by atomic mass is 16.7. The Morgan fingerprint density at radius 1 is 1.12 bits per heavy atom. The second-order valence-corrected chi connectivity index (χ2v) is 5.34. The Labute approximate surface area is 143 Å². The van der Waals surface area contributed by atoms with Gasteiger partial charge in [0.05, 0.1) is 0 Å². The first kappa shape index (κ1) is 20.0. The maximum Gasteiger partial charge on any atom is 0.342 e. The predicted molar refractivity (Wildman–Crippen MR) is 90.6 cm³/mol. The number of esters is 1. The van der Waals surface area contributed by atoms with E-state index in [1.807, 2.05) is 20.8 Å². The molecule has 6 nitrogen and oxygen atoms in total. The van der Waals surface area contributed by atoms with Gasteiger partial charge >= 0.3 is 5.97 Å². The van der Waals surface area contributed by atoms with Crippen molar-refractivity contribution in [2.75, 3.05) is 27.8 Å². The second kappa shape index (κ2) is 9.95. The molecule has 0 saturated heterocycles. The summed E-state index contributed by atoms with van der Waals surface area (Å²) < 4.78 is 26.4. The van der Waals surface area contributed by atoms with Crippen molar-refractivity contribution in [3.05, 3.63) is 35.4 Å². The molecule has 0 N–H and O–H groups in total. The summed E-state index contributed by atoms with van der Waals surface area (Å²) in [7, 11) is 3.05. The molecule has 1 aromatic rings. The van der Waals surface area contributed by atoms with E-state index in [9.17, 15) is 4.79 Å². The number of hydrogen-bond donors (Lipinski definition) is 0. The van der Waals surface area contributed by atoms with Gasteiger partial charge in [0.1, 0.15) is 23.2 Å². The quantitative estimate of drug-likeness (QED) is 0.370. The molecule has 0 spiro atoms. The zero-order valence-electron chi connectivity index (χ0n) is 15.0. The summed E-state index contributed by atoms with van der Waals surface area (Å²) in [4.78, 5) is 12.6. The molecule has 6 heteroatoms. The summed E-state index contributed by atoms with van der Waals surface area (Å²) in [5, 5.41) is 0. The molecule has 1 rings (SSSR count). The average molecular weight is 338 g/mol. The molecular formula is C18H26O6. The van der Waals surface area contributed by atoms with Crippen molar-refractivity contribution in [3.8, 4) is 11.5 Å². The summed E-state index contributed by atoms with van der Waals surface area (Å²) in [6.07, 6.45) is 2.02. The summed E-state index contributed by atoms with van der Waals surface area (Å²) >= 11 is 0. The van der Waals surface area contributed by atoms with Crippen LogP contribution >= 0.6 is 0 Å². The van der Waals surface area contributed by atoms with E-state index in [0.717, 1.165) is 11.1 Å².